The first kappa shape index (κ1) is 29.8. The number of carboxylic acids is 2. The minimum Gasteiger partial charge on any atom is -0.481 e. The summed E-state index contributed by atoms with van der Waals surface area (Å²) < 4.78 is 18.5. The lowest BCUT2D eigenvalue weighted by Crippen LogP contribution is -2.71. The second kappa shape index (κ2) is 12.7. The lowest BCUT2D eigenvalue weighted by atomic mass is 10.0. The molecule has 2 amide bonds. The topological polar surface area (TPSA) is 241 Å². The van der Waals surface area contributed by atoms with Crippen molar-refractivity contribution in [1.29, 1.82) is 0 Å². The van der Waals surface area contributed by atoms with Crippen molar-refractivity contribution in [3.63, 3.8) is 0 Å². The van der Waals surface area contributed by atoms with Crippen molar-refractivity contribution in [2.75, 3.05) is 17.2 Å². The number of nitrogens with two attached hydrogens (primary N) is 1. The number of thioether (sulfide) groups is 2. The highest BCUT2D eigenvalue weighted by molar-refractivity contribution is 8.01. The summed E-state index contributed by atoms with van der Waals surface area (Å²) in [4.78, 5) is 59.7. The molecule has 224 valence electrons. The molecular weight excluding hydrogens is 632 g/mol. The van der Waals surface area contributed by atoms with Crippen molar-refractivity contribution in [1.82, 2.24) is 39.8 Å². The first-order valence-electron chi connectivity index (χ1n) is 12.0. The molecule has 2 aliphatic heterocycles. The summed E-state index contributed by atoms with van der Waals surface area (Å²) in [6, 6.07) is 3.74. The molecule has 4 heterocycles. The second-order valence-corrected chi connectivity index (χ2v) is 11.5. The van der Waals surface area contributed by atoms with Crippen molar-refractivity contribution in [2.45, 2.75) is 29.5 Å². The highest BCUT2D eigenvalue weighted by Crippen LogP contribution is 2.41. The molecule has 17 nitrogen and oxygen atoms in total. The number of carbonyl (C=O) groups excluding carboxylic acids is 2. The van der Waals surface area contributed by atoms with Crippen LogP contribution in [-0.4, -0.2) is 97.1 Å². The van der Waals surface area contributed by atoms with Crippen LogP contribution >= 0.6 is 35.1 Å². The molecule has 1 saturated heterocycles. The fourth-order valence-electron chi connectivity index (χ4n) is 3.91. The summed E-state index contributed by atoms with van der Waals surface area (Å²) in [6.07, 6.45) is -0.203. The van der Waals surface area contributed by atoms with Gasteiger partial charge < -0.3 is 26.1 Å². The lowest BCUT2D eigenvalue weighted by Gasteiger charge is -2.49. The number of aromatic nitrogens is 6. The number of carboxylic acid groups (broad SMARTS) is 2. The number of oxime groups is 1. The van der Waals surface area contributed by atoms with Gasteiger partial charge >= 0.3 is 11.9 Å². The van der Waals surface area contributed by atoms with E-state index in [1.54, 1.807) is 0 Å². The maximum absolute atomic E-state index is 13.2. The van der Waals surface area contributed by atoms with Crippen molar-refractivity contribution in [2.24, 2.45) is 5.16 Å². The zero-order valence-corrected chi connectivity index (χ0v) is 23.9. The van der Waals surface area contributed by atoms with Gasteiger partial charge in [0.2, 0.25) is 16.7 Å². The van der Waals surface area contributed by atoms with Crippen molar-refractivity contribution < 1.29 is 38.6 Å². The number of carbonyl (C=O) groups is 4. The number of aryl methyl sites for hydroxylation is 1. The lowest BCUT2D eigenvalue weighted by molar-refractivity contribution is -0.150. The van der Waals surface area contributed by atoms with Gasteiger partial charge in [0, 0.05) is 23.0 Å². The maximum Gasteiger partial charge on any atom is 0.352 e. The standard InChI is InChI=1S/C22H19FN10O7S3/c23-10-1-3-11(4-2-10)40-28-13(16-26-21(24)43-29-16)17(36)25-14-18(37)33-15(20(38)39)9(7-41-19(14)33)8-42-22-27-30-31-32(22)6-5-12(34)35/h1-4,14,19H,5-8H2,(H,25,36)(H,34,35)(H,38,39)(H2,24,26,29)/t14?,19-/m1/s1. The minimum absolute atomic E-state index is 0.0293. The van der Waals surface area contributed by atoms with E-state index in [0.717, 1.165) is 40.3 Å². The van der Waals surface area contributed by atoms with E-state index < -0.39 is 46.7 Å². The van der Waals surface area contributed by atoms with Crippen LogP contribution in [0, 0.1) is 5.82 Å². The molecular formula is C22H19FN10O7S3. The molecule has 1 aromatic carbocycles. The van der Waals surface area contributed by atoms with Crippen LogP contribution in [0.4, 0.5) is 9.52 Å². The summed E-state index contributed by atoms with van der Waals surface area (Å²) in [5.74, 6) is -4.14. The number of nitrogens with zero attached hydrogens (tertiary/aromatic N) is 8. The smallest absolute Gasteiger partial charge is 0.352 e. The summed E-state index contributed by atoms with van der Waals surface area (Å²) >= 11 is 3.14. The van der Waals surface area contributed by atoms with Crippen LogP contribution in [0.15, 0.2) is 45.8 Å². The van der Waals surface area contributed by atoms with Crippen LogP contribution in [0.1, 0.15) is 12.2 Å². The highest BCUT2D eigenvalue weighted by Gasteiger charge is 2.54. The number of β-lactam (4-membered cyclic amide) rings is 1. The molecule has 0 spiro atoms. The van der Waals surface area contributed by atoms with Gasteiger partial charge in [0.15, 0.2) is 10.9 Å². The Hall–Kier alpha value is -4.63. The van der Waals surface area contributed by atoms with Crippen molar-refractivity contribution >= 4 is 69.7 Å². The van der Waals surface area contributed by atoms with E-state index in [0.29, 0.717) is 5.57 Å². The van der Waals surface area contributed by atoms with Gasteiger partial charge in [-0.2, -0.15) is 9.36 Å². The first-order chi connectivity index (χ1) is 20.6. The molecule has 0 aliphatic carbocycles. The van der Waals surface area contributed by atoms with E-state index in [-0.39, 0.29) is 52.0 Å². The molecule has 21 heteroatoms. The van der Waals surface area contributed by atoms with E-state index >= 15 is 0 Å². The van der Waals surface area contributed by atoms with Crippen LogP contribution in [0.25, 0.3) is 0 Å². The third-order valence-electron chi connectivity index (χ3n) is 5.87. The monoisotopic (exact) mass is 650 g/mol. The van der Waals surface area contributed by atoms with E-state index in [1.165, 1.54) is 28.6 Å². The van der Waals surface area contributed by atoms with Crippen LogP contribution in [0.3, 0.4) is 0 Å². The summed E-state index contributed by atoms with van der Waals surface area (Å²) in [5.41, 5.74) is 5.44. The number of fused-ring (bicyclic) bond motifs is 1. The number of hydrogen-bond acceptors (Lipinski definition) is 15. The minimum atomic E-state index is -1.33. The first-order valence-corrected chi connectivity index (χ1v) is 14.8. The van der Waals surface area contributed by atoms with Gasteiger partial charge in [-0.15, -0.1) is 16.9 Å². The average Bonchev–Trinajstić information content (AvgIpc) is 3.62. The number of benzene rings is 1. The van der Waals surface area contributed by atoms with Crippen LogP contribution in [0.2, 0.25) is 0 Å². The normalized spacial score (nSPS) is 18.2. The third kappa shape index (κ3) is 6.57. The second-order valence-electron chi connectivity index (χ2n) is 8.68. The molecule has 1 unspecified atom stereocenters. The number of halogens is 1. The third-order valence-corrected chi connectivity index (χ3v) is 8.80. The molecule has 1 fully saturated rings. The summed E-state index contributed by atoms with van der Waals surface area (Å²) in [7, 11) is 0. The fraction of sp³-hybridized carbons (Fsp3) is 0.273. The molecule has 2 aliphatic rings. The zero-order chi connectivity index (χ0) is 30.7. The Morgan fingerprint density at radius 3 is 2.70 bits per heavy atom. The summed E-state index contributed by atoms with van der Waals surface area (Å²) in [5, 5.41) is 35.9. The molecule has 3 aromatic rings. The SMILES string of the molecule is Nc1nc(C(=NOc2ccc(F)cc2)C(=O)NC2C(=O)N3C(C(=O)O)=C(CSc4nnnn4CCC(=O)O)CS[C@H]23)ns1. The van der Waals surface area contributed by atoms with Gasteiger partial charge in [-0.3, -0.25) is 19.3 Å². The van der Waals surface area contributed by atoms with Crippen LogP contribution in [0.5, 0.6) is 5.75 Å². The Morgan fingerprint density at radius 1 is 1.26 bits per heavy atom. The number of nitrogens with one attached hydrogen (secondary N) is 1. The van der Waals surface area contributed by atoms with Gasteiger partial charge in [0.25, 0.3) is 11.8 Å². The number of tetrazole rings is 1. The number of amides is 2. The van der Waals surface area contributed by atoms with E-state index in [1.807, 2.05) is 0 Å². The van der Waals surface area contributed by atoms with E-state index in [4.69, 9.17) is 15.7 Å². The Kier molecular flexibility index (Phi) is 8.82. The van der Waals surface area contributed by atoms with Gasteiger partial charge in [-0.05, 0) is 40.3 Å². The predicted molar refractivity (Wildman–Crippen MR) is 148 cm³/mol. The van der Waals surface area contributed by atoms with E-state index in [2.05, 4.69) is 35.4 Å². The molecule has 5 N–H and O–H groups in total. The number of rotatable bonds is 12. The van der Waals surface area contributed by atoms with Crippen LogP contribution in [-0.2, 0) is 25.7 Å². The average molecular weight is 651 g/mol. The van der Waals surface area contributed by atoms with Crippen molar-refractivity contribution in [3.05, 3.63) is 47.2 Å². The molecule has 2 atom stereocenters. The predicted octanol–water partition coefficient (Wildman–Crippen LogP) is 0.0346. The summed E-state index contributed by atoms with van der Waals surface area (Å²) in [6.45, 7) is 0.0293. The number of aliphatic carboxylic acids is 2. The molecule has 2 aromatic heterocycles. The quantitative estimate of drug-likeness (QED) is 0.0875. The Morgan fingerprint density at radius 2 is 2.02 bits per heavy atom. The maximum atomic E-state index is 13.2. The zero-order valence-electron chi connectivity index (χ0n) is 21.5. The Labute approximate surface area is 252 Å². The molecule has 0 radical (unpaired) electrons. The number of hydrogen-bond donors (Lipinski definition) is 4. The molecule has 43 heavy (non-hydrogen) atoms. The van der Waals surface area contributed by atoms with Crippen molar-refractivity contribution in [3.8, 4) is 5.75 Å². The van der Waals surface area contributed by atoms with Gasteiger partial charge in [-0.1, -0.05) is 16.9 Å². The fourth-order valence-corrected chi connectivity index (χ4v) is 6.73. The Balaban J connectivity index is 1.30. The van der Waals surface area contributed by atoms with Crippen LogP contribution < -0.4 is 15.9 Å². The Bertz CT molecular complexity index is 1640. The molecule has 0 bridgehead atoms. The van der Waals surface area contributed by atoms with E-state index in [9.17, 15) is 28.7 Å². The number of nitrogen functional groups attached to an aromatic ring is 1. The largest absolute Gasteiger partial charge is 0.481 e. The number of anilines is 1. The van der Waals surface area contributed by atoms with Gasteiger partial charge in [-0.25, -0.2) is 13.9 Å². The highest BCUT2D eigenvalue weighted by atomic mass is 32.2. The molecule has 0 saturated carbocycles. The molecule has 5 rings (SSSR count). The van der Waals surface area contributed by atoms with Gasteiger partial charge in [0.1, 0.15) is 22.9 Å². The van der Waals surface area contributed by atoms with Gasteiger partial charge in [0.05, 0.1) is 13.0 Å².